The number of nitrogens with one attached hydrogen (secondary N) is 2. The Balaban J connectivity index is 1.94. The molecule has 18 heavy (non-hydrogen) atoms. The highest BCUT2D eigenvalue weighted by Gasteiger charge is 2.16. The smallest absolute Gasteiger partial charge is 0.134 e. The van der Waals surface area contributed by atoms with Crippen LogP contribution in [0.5, 0.6) is 0 Å². The van der Waals surface area contributed by atoms with E-state index in [9.17, 15) is 0 Å². The van der Waals surface area contributed by atoms with Crippen molar-refractivity contribution in [3.63, 3.8) is 0 Å². The van der Waals surface area contributed by atoms with Crippen molar-refractivity contribution in [2.24, 2.45) is 5.92 Å². The standard InChI is InChI=1S/C13H22N4S/c1-3-5-14-12-10(2)13(17-9-16-12)15-7-11-4-6-18-8-11/h9,11H,3-8H2,1-2H3,(H2,14,15,16,17). The maximum Gasteiger partial charge on any atom is 0.134 e. The Bertz CT molecular complexity index is 377. The second kappa shape index (κ2) is 6.83. The third-order valence-electron chi connectivity index (χ3n) is 3.21. The Morgan fingerprint density at radius 3 is 2.78 bits per heavy atom. The average Bonchev–Trinajstić information content (AvgIpc) is 2.89. The minimum Gasteiger partial charge on any atom is -0.370 e. The van der Waals surface area contributed by atoms with E-state index in [1.807, 2.05) is 0 Å². The molecular formula is C13H22N4S. The molecule has 0 saturated carbocycles. The van der Waals surface area contributed by atoms with Gasteiger partial charge < -0.3 is 10.6 Å². The number of nitrogens with zero attached hydrogens (tertiary/aromatic N) is 2. The highest BCUT2D eigenvalue weighted by atomic mass is 32.2. The van der Waals surface area contributed by atoms with E-state index < -0.39 is 0 Å². The van der Waals surface area contributed by atoms with Gasteiger partial charge in [-0.15, -0.1) is 0 Å². The molecule has 1 atom stereocenters. The first-order valence-corrected chi connectivity index (χ1v) is 7.83. The molecule has 1 unspecified atom stereocenters. The zero-order valence-electron chi connectivity index (χ0n) is 11.2. The van der Waals surface area contributed by atoms with Gasteiger partial charge >= 0.3 is 0 Å². The van der Waals surface area contributed by atoms with E-state index in [1.165, 1.54) is 17.9 Å². The molecule has 0 aromatic carbocycles. The lowest BCUT2D eigenvalue weighted by Gasteiger charge is -2.14. The van der Waals surface area contributed by atoms with E-state index in [4.69, 9.17) is 0 Å². The molecule has 1 saturated heterocycles. The number of hydrogen-bond donors (Lipinski definition) is 2. The van der Waals surface area contributed by atoms with E-state index in [2.05, 4.69) is 46.2 Å². The van der Waals surface area contributed by atoms with Crippen LogP contribution in [0, 0.1) is 12.8 Å². The van der Waals surface area contributed by atoms with Gasteiger partial charge in [-0.2, -0.15) is 11.8 Å². The maximum absolute atomic E-state index is 4.34. The van der Waals surface area contributed by atoms with Crippen molar-refractivity contribution in [2.45, 2.75) is 26.7 Å². The molecule has 1 fully saturated rings. The highest BCUT2D eigenvalue weighted by molar-refractivity contribution is 7.99. The number of hydrogen-bond acceptors (Lipinski definition) is 5. The number of thioether (sulfide) groups is 1. The Kier molecular flexibility index (Phi) is 5.11. The lowest BCUT2D eigenvalue weighted by molar-refractivity contribution is 0.630. The lowest BCUT2D eigenvalue weighted by atomic mass is 10.1. The monoisotopic (exact) mass is 266 g/mol. The summed E-state index contributed by atoms with van der Waals surface area (Å²) in [5, 5.41) is 6.80. The van der Waals surface area contributed by atoms with Crippen LogP contribution in [0.15, 0.2) is 6.33 Å². The van der Waals surface area contributed by atoms with Gasteiger partial charge in [0.15, 0.2) is 0 Å². The minimum absolute atomic E-state index is 0.788. The molecule has 0 radical (unpaired) electrons. The highest BCUT2D eigenvalue weighted by Crippen LogP contribution is 2.24. The number of rotatable bonds is 6. The van der Waals surface area contributed by atoms with Gasteiger partial charge in [0.1, 0.15) is 18.0 Å². The molecule has 4 nitrogen and oxygen atoms in total. The molecule has 100 valence electrons. The van der Waals surface area contributed by atoms with Crippen LogP contribution in [0.3, 0.4) is 0 Å². The molecule has 1 aliphatic heterocycles. The largest absolute Gasteiger partial charge is 0.370 e. The Morgan fingerprint density at radius 1 is 1.33 bits per heavy atom. The van der Waals surface area contributed by atoms with Crippen LogP contribution in [0.2, 0.25) is 0 Å². The Morgan fingerprint density at radius 2 is 2.11 bits per heavy atom. The van der Waals surface area contributed by atoms with E-state index in [0.717, 1.165) is 42.6 Å². The first-order chi connectivity index (χ1) is 8.81. The third-order valence-corrected chi connectivity index (χ3v) is 4.44. The molecule has 0 spiro atoms. The second-order valence-corrected chi connectivity index (χ2v) is 5.88. The zero-order chi connectivity index (χ0) is 12.8. The summed E-state index contributed by atoms with van der Waals surface area (Å²) in [6.45, 7) is 6.21. The van der Waals surface area contributed by atoms with Gasteiger partial charge in [0, 0.05) is 18.7 Å². The van der Waals surface area contributed by atoms with Gasteiger partial charge in [0.05, 0.1) is 0 Å². The van der Waals surface area contributed by atoms with E-state index in [-0.39, 0.29) is 0 Å². The molecule has 2 rings (SSSR count). The summed E-state index contributed by atoms with van der Waals surface area (Å²) in [7, 11) is 0. The van der Waals surface area contributed by atoms with Gasteiger partial charge in [-0.05, 0) is 37.2 Å². The van der Waals surface area contributed by atoms with Gasteiger partial charge in [-0.3, -0.25) is 0 Å². The fourth-order valence-corrected chi connectivity index (χ4v) is 3.32. The predicted octanol–water partition coefficient (Wildman–Crippen LogP) is 2.77. The fourth-order valence-electron chi connectivity index (χ4n) is 2.04. The van der Waals surface area contributed by atoms with E-state index in [1.54, 1.807) is 6.33 Å². The number of aromatic nitrogens is 2. The molecule has 1 aromatic heterocycles. The van der Waals surface area contributed by atoms with Crippen molar-refractivity contribution in [1.29, 1.82) is 0 Å². The lowest BCUT2D eigenvalue weighted by Crippen LogP contribution is -2.16. The van der Waals surface area contributed by atoms with Crippen molar-refractivity contribution in [3.05, 3.63) is 11.9 Å². The topological polar surface area (TPSA) is 49.8 Å². The fraction of sp³-hybridized carbons (Fsp3) is 0.692. The zero-order valence-corrected chi connectivity index (χ0v) is 12.0. The third kappa shape index (κ3) is 3.51. The summed E-state index contributed by atoms with van der Waals surface area (Å²) in [6.07, 6.45) is 4.06. The molecule has 0 aliphatic carbocycles. The summed E-state index contributed by atoms with van der Waals surface area (Å²) in [4.78, 5) is 8.63. The SMILES string of the molecule is CCCNc1ncnc(NCC2CCSC2)c1C. The summed E-state index contributed by atoms with van der Waals surface area (Å²) in [5.74, 6) is 5.29. The molecule has 2 heterocycles. The molecular weight excluding hydrogens is 244 g/mol. The van der Waals surface area contributed by atoms with Gasteiger partial charge in [-0.25, -0.2) is 9.97 Å². The average molecular weight is 266 g/mol. The number of anilines is 2. The van der Waals surface area contributed by atoms with Crippen LogP contribution >= 0.6 is 11.8 Å². The summed E-state index contributed by atoms with van der Waals surface area (Å²) < 4.78 is 0. The summed E-state index contributed by atoms with van der Waals surface area (Å²) in [6, 6.07) is 0. The Labute approximate surface area is 113 Å². The van der Waals surface area contributed by atoms with Crippen LogP contribution in [0.4, 0.5) is 11.6 Å². The Hall–Kier alpha value is -0.970. The predicted molar refractivity (Wildman–Crippen MR) is 79.5 cm³/mol. The molecule has 0 amide bonds. The van der Waals surface area contributed by atoms with Crippen molar-refractivity contribution < 1.29 is 0 Å². The van der Waals surface area contributed by atoms with Crippen LogP contribution in [0.1, 0.15) is 25.3 Å². The summed E-state index contributed by atoms with van der Waals surface area (Å²) >= 11 is 2.05. The molecule has 5 heteroatoms. The van der Waals surface area contributed by atoms with E-state index >= 15 is 0 Å². The first-order valence-electron chi connectivity index (χ1n) is 6.68. The van der Waals surface area contributed by atoms with Crippen LogP contribution < -0.4 is 10.6 Å². The van der Waals surface area contributed by atoms with Crippen LogP contribution in [-0.2, 0) is 0 Å². The van der Waals surface area contributed by atoms with Crippen molar-refractivity contribution in [2.75, 3.05) is 35.2 Å². The van der Waals surface area contributed by atoms with Gasteiger partial charge in [0.25, 0.3) is 0 Å². The summed E-state index contributed by atoms with van der Waals surface area (Å²) in [5.41, 5.74) is 1.12. The van der Waals surface area contributed by atoms with Gasteiger partial charge in [0.2, 0.25) is 0 Å². The van der Waals surface area contributed by atoms with Crippen molar-refractivity contribution in [1.82, 2.24) is 9.97 Å². The molecule has 0 bridgehead atoms. The second-order valence-electron chi connectivity index (χ2n) is 4.73. The van der Waals surface area contributed by atoms with E-state index in [0.29, 0.717) is 0 Å². The van der Waals surface area contributed by atoms with Crippen molar-refractivity contribution >= 4 is 23.4 Å². The van der Waals surface area contributed by atoms with Crippen molar-refractivity contribution in [3.8, 4) is 0 Å². The maximum atomic E-state index is 4.34. The normalized spacial score (nSPS) is 18.9. The first kappa shape index (κ1) is 13.5. The van der Waals surface area contributed by atoms with Crippen LogP contribution in [0.25, 0.3) is 0 Å². The van der Waals surface area contributed by atoms with Gasteiger partial charge in [-0.1, -0.05) is 6.92 Å². The van der Waals surface area contributed by atoms with Crippen LogP contribution in [-0.4, -0.2) is 34.6 Å². The molecule has 1 aliphatic rings. The molecule has 2 N–H and O–H groups in total. The minimum atomic E-state index is 0.788. The quantitative estimate of drug-likeness (QED) is 0.829. The molecule has 1 aromatic rings.